The number of rotatable bonds is 10. The molecule has 0 heterocycles. The molecule has 8 aliphatic carbocycles. The van der Waals surface area contributed by atoms with Gasteiger partial charge in [0, 0.05) is 11.1 Å². The van der Waals surface area contributed by atoms with E-state index < -0.39 is 0 Å². The number of methoxy groups -OCH3 is 2. The number of esters is 2. The second-order valence-corrected chi connectivity index (χ2v) is 18.2. The Morgan fingerprint density at radius 3 is 1.15 bits per heavy atom. The van der Waals surface area contributed by atoms with Gasteiger partial charge in [-0.1, -0.05) is 36.4 Å². The van der Waals surface area contributed by atoms with Gasteiger partial charge in [0.25, 0.3) is 0 Å². The molecule has 0 atom stereocenters. The lowest BCUT2D eigenvalue weighted by Crippen LogP contribution is -2.47. The monoisotopic (exact) mass is 702 g/mol. The molecule has 8 saturated carbocycles. The van der Waals surface area contributed by atoms with Crippen molar-refractivity contribution in [2.75, 3.05) is 14.2 Å². The molecule has 52 heavy (non-hydrogen) atoms. The van der Waals surface area contributed by atoms with Crippen LogP contribution in [0.3, 0.4) is 0 Å². The molecule has 0 spiro atoms. The Hall–Kier alpha value is -3.80. The van der Waals surface area contributed by atoms with Crippen molar-refractivity contribution >= 4 is 11.9 Å². The first-order valence-electron chi connectivity index (χ1n) is 20.0. The molecule has 0 saturated heterocycles. The minimum atomic E-state index is -0.144. The van der Waals surface area contributed by atoms with Gasteiger partial charge >= 0.3 is 11.9 Å². The maximum absolute atomic E-state index is 13.5. The van der Waals surface area contributed by atoms with Crippen LogP contribution in [0.2, 0.25) is 0 Å². The smallest absolute Gasteiger partial charge is 0.311 e. The standard InChI is InChI=1S/C46H54O6/c1-27-35(9-11-39(43(27)49-3)51-41(47)25-45-19-29-13-30(20-45)15-31(14-29)21-45)37-7-5-6-8-38(37)36-10-12-40(44(50-4)28(36)2)52-42(48)26-46-22-32-16-33(23-46)18-34(17-32)24-46/h5-12,29-34H,13-26H2,1-4H3. The van der Waals surface area contributed by atoms with Gasteiger partial charge < -0.3 is 18.9 Å². The second kappa shape index (κ2) is 13.0. The minimum absolute atomic E-state index is 0.119. The maximum atomic E-state index is 13.5. The van der Waals surface area contributed by atoms with Crippen LogP contribution in [0.25, 0.3) is 22.3 Å². The molecule has 274 valence electrons. The quantitative estimate of drug-likeness (QED) is 0.155. The van der Waals surface area contributed by atoms with Gasteiger partial charge in [-0.15, -0.1) is 0 Å². The molecule has 0 aliphatic heterocycles. The summed E-state index contributed by atoms with van der Waals surface area (Å²) in [5.74, 6) is 6.60. The predicted octanol–water partition coefficient (Wildman–Crippen LogP) is 10.7. The van der Waals surface area contributed by atoms with Crippen molar-refractivity contribution < 1.29 is 28.5 Å². The normalized spacial score (nSPS) is 32.2. The van der Waals surface area contributed by atoms with E-state index in [4.69, 9.17) is 18.9 Å². The van der Waals surface area contributed by atoms with E-state index in [2.05, 4.69) is 12.1 Å². The van der Waals surface area contributed by atoms with Crippen molar-refractivity contribution in [2.45, 2.75) is 104 Å². The second-order valence-electron chi connectivity index (χ2n) is 18.2. The molecule has 0 N–H and O–H groups in total. The molecule has 0 unspecified atom stereocenters. The SMILES string of the molecule is COc1c(OC(=O)CC23CC4CC(CC(C4)C2)C3)ccc(-c2ccccc2-c2ccc(OC(=O)CC34CC5CC(CC(C5)C3)C4)c(OC)c2C)c1C. The minimum Gasteiger partial charge on any atom is -0.493 e. The summed E-state index contributed by atoms with van der Waals surface area (Å²) < 4.78 is 24.1. The number of benzene rings is 3. The van der Waals surface area contributed by atoms with Crippen molar-refractivity contribution in [1.29, 1.82) is 0 Å². The lowest BCUT2D eigenvalue weighted by Gasteiger charge is -2.56. The van der Waals surface area contributed by atoms with Crippen LogP contribution < -0.4 is 18.9 Å². The van der Waals surface area contributed by atoms with Crippen LogP contribution in [-0.4, -0.2) is 26.2 Å². The highest BCUT2D eigenvalue weighted by atomic mass is 16.6. The van der Waals surface area contributed by atoms with E-state index >= 15 is 0 Å². The van der Waals surface area contributed by atoms with Crippen molar-refractivity contribution in [3.63, 3.8) is 0 Å². The Bertz CT molecular complexity index is 1700. The average Bonchev–Trinajstić information content (AvgIpc) is 3.07. The Morgan fingerprint density at radius 2 is 0.846 bits per heavy atom. The van der Waals surface area contributed by atoms with Crippen LogP contribution >= 0.6 is 0 Å². The highest BCUT2D eigenvalue weighted by Gasteiger charge is 2.53. The molecule has 6 nitrogen and oxygen atoms in total. The zero-order valence-corrected chi connectivity index (χ0v) is 31.4. The zero-order chi connectivity index (χ0) is 35.8. The third-order valence-corrected chi connectivity index (χ3v) is 14.5. The summed E-state index contributed by atoms with van der Waals surface area (Å²) in [6.45, 7) is 4.06. The number of hydrogen-bond donors (Lipinski definition) is 0. The Kier molecular flexibility index (Phi) is 8.47. The lowest BCUT2D eigenvalue weighted by atomic mass is 9.49. The zero-order valence-electron chi connectivity index (χ0n) is 31.4. The third-order valence-electron chi connectivity index (χ3n) is 14.5. The van der Waals surface area contributed by atoms with Crippen LogP contribution in [0, 0.1) is 60.2 Å². The van der Waals surface area contributed by atoms with Crippen LogP contribution in [0.15, 0.2) is 48.5 Å². The molecule has 8 fully saturated rings. The van der Waals surface area contributed by atoms with Gasteiger partial charge in [-0.05, 0) is 172 Å². The van der Waals surface area contributed by atoms with E-state index in [0.29, 0.717) is 35.8 Å². The summed E-state index contributed by atoms with van der Waals surface area (Å²) in [5, 5.41) is 0. The highest BCUT2D eigenvalue weighted by Crippen LogP contribution is 2.62. The summed E-state index contributed by atoms with van der Waals surface area (Å²) in [6.07, 6.45) is 16.2. The topological polar surface area (TPSA) is 71.1 Å². The van der Waals surface area contributed by atoms with Crippen LogP contribution in [-0.2, 0) is 9.59 Å². The summed E-state index contributed by atoms with van der Waals surface area (Å²) >= 11 is 0. The van der Waals surface area contributed by atoms with E-state index in [9.17, 15) is 9.59 Å². The molecule has 6 heteroatoms. The van der Waals surface area contributed by atoms with Gasteiger partial charge in [-0.2, -0.15) is 0 Å². The fourth-order valence-corrected chi connectivity index (χ4v) is 13.5. The average molecular weight is 703 g/mol. The van der Waals surface area contributed by atoms with Gasteiger partial charge in [0.2, 0.25) is 0 Å². The fraction of sp³-hybridized carbons (Fsp3) is 0.565. The number of carbonyl (C=O) groups is 2. The molecule has 8 bridgehead atoms. The number of hydrogen-bond acceptors (Lipinski definition) is 6. The van der Waals surface area contributed by atoms with E-state index in [-0.39, 0.29) is 22.8 Å². The molecule has 3 aromatic rings. The Morgan fingerprint density at radius 1 is 0.519 bits per heavy atom. The Labute approximate surface area is 309 Å². The molecule has 8 aliphatic rings. The van der Waals surface area contributed by atoms with Crippen LogP contribution in [0.4, 0.5) is 0 Å². The molecule has 0 aromatic heterocycles. The number of carbonyl (C=O) groups excluding carboxylic acids is 2. The van der Waals surface area contributed by atoms with Crippen molar-refractivity contribution in [1.82, 2.24) is 0 Å². The van der Waals surface area contributed by atoms with Gasteiger partial charge in [0.05, 0.1) is 27.1 Å². The lowest BCUT2D eigenvalue weighted by molar-refractivity contribution is -0.144. The summed E-state index contributed by atoms with van der Waals surface area (Å²) in [7, 11) is 3.29. The summed E-state index contributed by atoms with van der Waals surface area (Å²) in [5.41, 5.74) is 6.12. The van der Waals surface area contributed by atoms with Gasteiger partial charge in [0.15, 0.2) is 23.0 Å². The fourth-order valence-electron chi connectivity index (χ4n) is 13.5. The van der Waals surface area contributed by atoms with E-state index in [1.807, 2.05) is 50.2 Å². The van der Waals surface area contributed by atoms with Crippen LogP contribution in [0.5, 0.6) is 23.0 Å². The maximum Gasteiger partial charge on any atom is 0.311 e. The Balaban J connectivity index is 0.949. The van der Waals surface area contributed by atoms with Gasteiger partial charge in [-0.3, -0.25) is 9.59 Å². The molecular weight excluding hydrogens is 649 g/mol. The summed E-state index contributed by atoms with van der Waals surface area (Å²) in [6, 6.07) is 16.1. The number of ether oxygens (including phenoxy) is 4. The highest BCUT2D eigenvalue weighted by molar-refractivity contribution is 5.89. The van der Waals surface area contributed by atoms with Crippen LogP contribution in [0.1, 0.15) is 101 Å². The molecule has 0 amide bonds. The third kappa shape index (κ3) is 6.02. The van der Waals surface area contributed by atoms with Gasteiger partial charge in [-0.25, -0.2) is 0 Å². The molecule has 0 radical (unpaired) electrons. The first kappa shape index (κ1) is 34.0. The van der Waals surface area contributed by atoms with Gasteiger partial charge in [0.1, 0.15) is 0 Å². The largest absolute Gasteiger partial charge is 0.493 e. The van der Waals surface area contributed by atoms with Crippen molar-refractivity contribution in [3.05, 3.63) is 59.7 Å². The predicted molar refractivity (Wildman–Crippen MR) is 202 cm³/mol. The molecular formula is C46H54O6. The molecule has 3 aromatic carbocycles. The summed E-state index contributed by atoms with van der Waals surface area (Å²) in [4.78, 5) is 27.0. The van der Waals surface area contributed by atoms with E-state index in [1.54, 1.807) is 14.2 Å². The van der Waals surface area contributed by atoms with E-state index in [0.717, 1.165) is 68.9 Å². The van der Waals surface area contributed by atoms with Crippen molar-refractivity contribution in [3.8, 4) is 45.3 Å². The van der Waals surface area contributed by atoms with Crippen molar-refractivity contribution in [2.24, 2.45) is 46.3 Å². The first-order valence-corrected chi connectivity index (χ1v) is 20.0. The van der Waals surface area contributed by atoms with E-state index in [1.165, 1.54) is 77.0 Å². The first-order chi connectivity index (χ1) is 25.1. The molecule has 11 rings (SSSR count).